The molecule has 0 aromatic rings. The van der Waals surface area contributed by atoms with Crippen molar-refractivity contribution in [3.05, 3.63) is 12.7 Å². The zero-order valence-corrected chi connectivity index (χ0v) is 22.5. The van der Waals surface area contributed by atoms with Crippen LogP contribution in [-0.4, -0.2) is 59.6 Å². The van der Waals surface area contributed by atoms with Crippen molar-refractivity contribution in [2.75, 3.05) is 19.6 Å². The standard InChI is InChI=1S/C29H44N2O5/c1-6-26(4)17-21(36-25(35)30-24(34)28-11-14-31(15-12-28)16-13-28)27(5)18(2)7-9-29(19(3)23(26)33)10-8-20(32)22(27)29/h6,18-19,21-23,33H,1,7-17H2,2-5H3,(H,30,34,35)/t18-,19+,21-,22+,23+,26-,27+,29+/m1/s1. The molecule has 0 unspecified atom stereocenters. The van der Waals surface area contributed by atoms with Gasteiger partial charge in [-0.2, -0.15) is 0 Å². The number of ether oxygens (including phenoxy) is 1. The fourth-order valence-electron chi connectivity index (χ4n) is 9.05. The summed E-state index contributed by atoms with van der Waals surface area (Å²) in [7, 11) is 0. The zero-order valence-electron chi connectivity index (χ0n) is 22.5. The summed E-state index contributed by atoms with van der Waals surface area (Å²) in [6.45, 7) is 15.1. The van der Waals surface area contributed by atoms with Crippen molar-refractivity contribution in [3.8, 4) is 0 Å². The second-order valence-electron chi connectivity index (χ2n) is 13.3. The molecule has 3 saturated heterocycles. The Morgan fingerprint density at radius 1 is 1.11 bits per heavy atom. The lowest BCUT2D eigenvalue weighted by Gasteiger charge is -2.61. The molecule has 36 heavy (non-hydrogen) atoms. The van der Waals surface area contributed by atoms with Gasteiger partial charge in [0.05, 0.1) is 11.5 Å². The molecule has 3 aliphatic heterocycles. The highest BCUT2D eigenvalue weighted by molar-refractivity contribution is 5.95. The van der Waals surface area contributed by atoms with E-state index in [2.05, 4.69) is 37.6 Å². The summed E-state index contributed by atoms with van der Waals surface area (Å²) in [6, 6.07) is 0. The van der Waals surface area contributed by atoms with Gasteiger partial charge in [0, 0.05) is 23.2 Å². The third-order valence-corrected chi connectivity index (χ3v) is 12.0. The van der Waals surface area contributed by atoms with Crippen molar-refractivity contribution >= 4 is 17.8 Å². The maximum atomic E-state index is 13.5. The summed E-state index contributed by atoms with van der Waals surface area (Å²) in [4.78, 5) is 42.5. The molecule has 2 N–H and O–H groups in total. The molecule has 3 aliphatic carbocycles. The number of nitrogens with zero attached hydrogens (tertiary/aromatic N) is 1. The number of nitrogens with one attached hydrogen (secondary N) is 1. The number of carbonyl (C=O) groups is 3. The number of Topliss-reactive ketones (excluding diaryl/α,β-unsaturated/α-hetero) is 1. The molecule has 7 heteroatoms. The number of carbonyl (C=O) groups excluding carboxylic acids is 3. The van der Waals surface area contributed by atoms with E-state index in [4.69, 9.17) is 4.74 Å². The Labute approximate surface area is 215 Å². The average Bonchev–Trinajstić information content (AvgIpc) is 3.23. The van der Waals surface area contributed by atoms with E-state index in [-0.39, 0.29) is 34.9 Å². The van der Waals surface area contributed by atoms with E-state index in [9.17, 15) is 19.5 Å². The molecule has 0 aromatic carbocycles. The summed E-state index contributed by atoms with van der Waals surface area (Å²) in [5, 5.41) is 14.2. The van der Waals surface area contributed by atoms with E-state index in [0.717, 1.165) is 58.2 Å². The van der Waals surface area contributed by atoms with Gasteiger partial charge >= 0.3 is 6.09 Å². The highest BCUT2D eigenvalue weighted by atomic mass is 16.6. The number of ketones is 1. The minimum absolute atomic E-state index is 0.0728. The molecule has 4 bridgehead atoms. The normalized spacial score (nSPS) is 50.0. The van der Waals surface area contributed by atoms with Crippen molar-refractivity contribution in [1.82, 2.24) is 10.2 Å². The lowest BCUT2D eigenvalue weighted by atomic mass is 9.44. The van der Waals surface area contributed by atoms with E-state index < -0.39 is 34.5 Å². The van der Waals surface area contributed by atoms with Gasteiger partial charge in [0.15, 0.2) is 0 Å². The van der Waals surface area contributed by atoms with E-state index in [1.54, 1.807) is 6.08 Å². The number of fused-ring (bicyclic) bond motifs is 3. The zero-order chi connectivity index (χ0) is 26.1. The van der Waals surface area contributed by atoms with Crippen LogP contribution in [0.5, 0.6) is 0 Å². The second kappa shape index (κ2) is 8.65. The SMILES string of the molecule is C=C[C@]1(C)C[C@@H](OC(=O)NC(=O)C23CCN(CC2)CC3)[C@]2(C)[C@H](C)CC[C@]3(CCC(=O)[C@H]32)[C@@H](C)[C@@H]1O. The van der Waals surface area contributed by atoms with Crippen molar-refractivity contribution in [2.45, 2.75) is 91.3 Å². The van der Waals surface area contributed by atoms with Gasteiger partial charge < -0.3 is 14.7 Å². The molecule has 6 fully saturated rings. The molecule has 3 heterocycles. The van der Waals surface area contributed by atoms with Crippen LogP contribution in [0.4, 0.5) is 4.79 Å². The third-order valence-electron chi connectivity index (χ3n) is 12.0. The Balaban J connectivity index is 1.47. The van der Waals surface area contributed by atoms with E-state index in [1.807, 2.05) is 6.92 Å². The van der Waals surface area contributed by atoms with Gasteiger partial charge in [-0.05, 0) is 81.8 Å². The molecular formula is C29H44N2O5. The largest absolute Gasteiger partial charge is 0.445 e. The van der Waals surface area contributed by atoms with Crippen LogP contribution in [0.2, 0.25) is 0 Å². The van der Waals surface area contributed by atoms with Crippen LogP contribution in [0.3, 0.4) is 0 Å². The van der Waals surface area contributed by atoms with Crippen molar-refractivity contribution in [1.29, 1.82) is 0 Å². The molecule has 7 nitrogen and oxygen atoms in total. The average molecular weight is 501 g/mol. The summed E-state index contributed by atoms with van der Waals surface area (Å²) in [5.41, 5.74) is -2.08. The van der Waals surface area contributed by atoms with E-state index >= 15 is 0 Å². The third kappa shape index (κ3) is 3.55. The lowest BCUT2D eigenvalue weighted by Crippen LogP contribution is -2.63. The molecule has 0 aromatic heterocycles. The Hall–Kier alpha value is -1.73. The van der Waals surface area contributed by atoms with Crippen LogP contribution in [0.25, 0.3) is 0 Å². The Bertz CT molecular complexity index is 944. The highest BCUT2D eigenvalue weighted by Gasteiger charge is 2.68. The number of alkyl carbamates (subject to hydrolysis) is 1. The van der Waals surface area contributed by atoms with Gasteiger partial charge in [0.25, 0.3) is 0 Å². The Kier molecular flexibility index (Phi) is 6.23. The molecule has 0 radical (unpaired) electrons. The van der Waals surface area contributed by atoms with Crippen LogP contribution in [-0.2, 0) is 14.3 Å². The number of rotatable bonds is 3. The Morgan fingerprint density at radius 2 is 1.75 bits per heavy atom. The second-order valence-corrected chi connectivity index (χ2v) is 13.3. The number of hydrogen-bond donors (Lipinski definition) is 2. The van der Waals surface area contributed by atoms with Gasteiger partial charge in [-0.3, -0.25) is 14.9 Å². The quantitative estimate of drug-likeness (QED) is 0.567. The van der Waals surface area contributed by atoms with Crippen molar-refractivity contribution < 1.29 is 24.2 Å². The molecule has 6 aliphatic rings. The first-order valence-electron chi connectivity index (χ1n) is 14.0. The maximum Gasteiger partial charge on any atom is 0.414 e. The highest BCUT2D eigenvalue weighted by Crippen LogP contribution is 2.68. The summed E-state index contributed by atoms with van der Waals surface area (Å²) < 4.78 is 6.19. The molecular weight excluding hydrogens is 456 g/mol. The first-order chi connectivity index (χ1) is 16.9. The molecule has 2 amide bonds. The molecule has 6 rings (SSSR count). The minimum Gasteiger partial charge on any atom is -0.445 e. The van der Waals surface area contributed by atoms with Crippen molar-refractivity contribution in [3.63, 3.8) is 0 Å². The summed E-state index contributed by atoms with van der Waals surface area (Å²) in [5.74, 6) is -0.197. The number of imide groups is 1. The predicted molar refractivity (Wildman–Crippen MR) is 136 cm³/mol. The van der Waals surface area contributed by atoms with Crippen LogP contribution in [0, 0.1) is 39.4 Å². The predicted octanol–water partition coefficient (Wildman–Crippen LogP) is 4.09. The fourth-order valence-corrected chi connectivity index (χ4v) is 9.05. The van der Waals surface area contributed by atoms with Gasteiger partial charge in [-0.25, -0.2) is 4.79 Å². The molecule has 3 saturated carbocycles. The number of aliphatic hydroxyl groups excluding tert-OH is 1. The number of piperidine rings is 3. The lowest BCUT2D eigenvalue weighted by molar-refractivity contribution is -0.191. The van der Waals surface area contributed by atoms with Crippen LogP contribution >= 0.6 is 0 Å². The first-order valence-corrected chi connectivity index (χ1v) is 14.0. The monoisotopic (exact) mass is 500 g/mol. The first kappa shape index (κ1) is 25.9. The van der Waals surface area contributed by atoms with Gasteiger partial charge in [0.1, 0.15) is 11.9 Å². The topological polar surface area (TPSA) is 95.9 Å². The number of amides is 2. The van der Waals surface area contributed by atoms with Gasteiger partial charge in [-0.1, -0.05) is 33.8 Å². The molecule has 0 spiro atoms. The summed E-state index contributed by atoms with van der Waals surface area (Å²) >= 11 is 0. The van der Waals surface area contributed by atoms with Crippen LogP contribution in [0.1, 0.15) is 79.1 Å². The fraction of sp³-hybridized carbons (Fsp3) is 0.828. The molecule has 8 atom stereocenters. The number of aliphatic hydroxyl groups is 1. The van der Waals surface area contributed by atoms with Crippen LogP contribution < -0.4 is 5.32 Å². The Morgan fingerprint density at radius 3 is 2.36 bits per heavy atom. The smallest absolute Gasteiger partial charge is 0.414 e. The van der Waals surface area contributed by atoms with E-state index in [1.165, 1.54) is 0 Å². The van der Waals surface area contributed by atoms with Gasteiger partial charge in [0.2, 0.25) is 5.91 Å². The minimum atomic E-state index is -0.725. The van der Waals surface area contributed by atoms with Crippen molar-refractivity contribution in [2.24, 2.45) is 39.4 Å². The van der Waals surface area contributed by atoms with Crippen LogP contribution in [0.15, 0.2) is 12.7 Å². The maximum absolute atomic E-state index is 13.5. The number of hydrogen-bond acceptors (Lipinski definition) is 6. The van der Waals surface area contributed by atoms with Gasteiger partial charge in [-0.15, -0.1) is 6.58 Å². The summed E-state index contributed by atoms with van der Waals surface area (Å²) in [6.07, 6.45) is 5.48. The molecule has 200 valence electrons. The van der Waals surface area contributed by atoms with E-state index in [0.29, 0.717) is 12.8 Å².